The molecule has 0 aromatic heterocycles. The molecule has 36 heavy (non-hydrogen) atoms. The van der Waals surface area contributed by atoms with Crippen LogP contribution in [-0.4, -0.2) is 27.6 Å². The Labute approximate surface area is 224 Å². The highest BCUT2D eigenvalue weighted by atomic mass is 28.3. The van der Waals surface area contributed by atoms with E-state index in [9.17, 15) is 0 Å². The number of hydrogen-bond donors (Lipinski definition) is 0. The zero-order chi connectivity index (χ0) is 26.6. The molecule has 0 aliphatic heterocycles. The summed E-state index contributed by atoms with van der Waals surface area (Å²) in [6.45, 7) is 19.2. The molecule has 0 saturated heterocycles. The van der Waals surface area contributed by atoms with Crippen LogP contribution in [0.5, 0.6) is 0 Å². The molecule has 2 nitrogen and oxygen atoms in total. The van der Waals surface area contributed by atoms with Crippen molar-refractivity contribution in [2.75, 3.05) is 0 Å². The predicted octanol–water partition coefficient (Wildman–Crippen LogP) is 10.7. The first-order valence-electron chi connectivity index (χ1n) is 14.3. The van der Waals surface area contributed by atoms with Gasteiger partial charge in [0, 0.05) is 16.1 Å². The monoisotopic (exact) mass is 520 g/mol. The summed E-state index contributed by atoms with van der Waals surface area (Å²) in [5, 5.41) is 0. The van der Waals surface area contributed by atoms with Gasteiger partial charge < -0.3 is 0 Å². The van der Waals surface area contributed by atoms with E-state index >= 15 is 0 Å². The Morgan fingerprint density at radius 2 is 0.889 bits per heavy atom. The van der Waals surface area contributed by atoms with E-state index in [1.807, 2.05) is 0 Å². The lowest BCUT2D eigenvalue weighted by atomic mass is 10.0. The van der Waals surface area contributed by atoms with Crippen molar-refractivity contribution in [2.24, 2.45) is 9.98 Å². The van der Waals surface area contributed by atoms with E-state index in [-0.39, 0.29) is 0 Å². The molecule has 2 aromatic rings. The van der Waals surface area contributed by atoms with Crippen molar-refractivity contribution >= 4 is 38.9 Å². The number of rotatable bonds is 15. The van der Waals surface area contributed by atoms with Crippen LogP contribution in [0.2, 0.25) is 51.4 Å². The lowest BCUT2D eigenvalue weighted by Gasteiger charge is -2.15. The number of benzene rings is 2. The van der Waals surface area contributed by atoms with Crippen LogP contribution in [0, 0.1) is 0 Å². The van der Waals surface area contributed by atoms with Gasteiger partial charge in [-0.05, 0) is 73.9 Å². The van der Waals surface area contributed by atoms with Crippen LogP contribution in [0.4, 0.5) is 11.4 Å². The molecule has 0 bridgehead atoms. The summed E-state index contributed by atoms with van der Waals surface area (Å²) in [4.78, 5) is 10.3. The molecule has 0 fully saturated rings. The molecule has 2 rings (SSSR count). The van der Waals surface area contributed by atoms with Gasteiger partial charge in [-0.1, -0.05) is 102 Å². The van der Waals surface area contributed by atoms with Crippen LogP contribution >= 0.6 is 0 Å². The normalized spacial score (nSPS) is 13.3. The van der Waals surface area contributed by atoms with Crippen LogP contribution < -0.4 is 0 Å². The van der Waals surface area contributed by atoms with Crippen molar-refractivity contribution in [1.29, 1.82) is 0 Å². The molecule has 0 aliphatic rings. The Morgan fingerprint density at radius 3 is 1.17 bits per heavy atom. The number of aryl methyl sites for hydroxylation is 2. The van der Waals surface area contributed by atoms with Crippen LogP contribution in [0.15, 0.2) is 58.5 Å². The van der Waals surface area contributed by atoms with Gasteiger partial charge in [0.05, 0.1) is 22.8 Å². The van der Waals surface area contributed by atoms with Crippen molar-refractivity contribution in [2.45, 2.75) is 117 Å². The van der Waals surface area contributed by atoms with E-state index in [0.717, 1.165) is 37.1 Å². The van der Waals surface area contributed by atoms with Gasteiger partial charge in [0.2, 0.25) is 0 Å². The molecule has 4 heteroatoms. The standard InChI is InChI=1S/C32H52N2Si2/c1-9-11-13-31(33-29-19-15-27(16-20-29)23-25-35(3,4)5)32(14-12-10-2)34-30-21-17-28(18-22-30)24-26-36(6,7)8/h15-22H,9-14,23-26H2,1-8H3. The number of hydrogen-bond acceptors (Lipinski definition) is 2. The average molecular weight is 521 g/mol. The molecule has 0 aliphatic carbocycles. The summed E-state index contributed by atoms with van der Waals surface area (Å²) in [5.74, 6) is 0. The number of unbranched alkanes of at least 4 members (excludes halogenated alkanes) is 2. The maximum absolute atomic E-state index is 5.17. The third kappa shape index (κ3) is 12.4. The number of nitrogens with zero attached hydrogens (tertiary/aromatic N) is 2. The molecule has 0 amide bonds. The third-order valence-corrected chi connectivity index (χ3v) is 10.1. The molecule has 0 unspecified atom stereocenters. The molecule has 0 N–H and O–H groups in total. The van der Waals surface area contributed by atoms with Crippen LogP contribution in [0.1, 0.15) is 63.5 Å². The van der Waals surface area contributed by atoms with Crippen molar-refractivity contribution in [3.8, 4) is 0 Å². The van der Waals surface area contributed by atoms with Gasteiger partial charge in [-0.3, -0.25) is 9.98 Å². The Hall–Kier alpha value is -1.79. The second kappa shape index (κ2) is 14.8. The van der Waals surface area contributed by atoms with E-state index < -0.39 is 16.1 Å². The molecule has 0 atom stereocenters. The van der Waals surface area contributed by atoms with E-state index in [0.29, 0.717) is 0 Å². The van der Waals surface area contributed by atoms with Gasteiger partial charge in [0.15, 0.2) is 0 Å². The molecule has 0 heterocycles. The Kier molecular flexibility index (Phi) is 12.5. The van der Waals surface area contributed by atoms with Gasteiger partial charge in [0.1, 0.15) is 0 Å². The Bertz CT molecular complexity index is 878. The van der Waals surface area contributed by atoms with Crippen LogP contribution in [-0.2, 0) is 12.8 Å². The fourth-order valence-electron chi connectivity index (χ4n) is 4.04. The Morgan fingerprint density at radius 1 is 0.556 bits per heavy atom. The Balaban J connectivity index is 2.28. The van der Waals surface area contributed by atoms with Gasteiger partial charge in [-0.25, -0.2) is 0 Å². The molecular formula is C32H52N2Si2. The first-order chi connectivity index (χ1) is 17.0. The van der Waals surface area contributed by atoms with E-state index in [1.165, 1.54) is 60.3 Å². The van der Waals surface area contributed by atoms with Crippen molar-refractivity contribution in [1.82, 2.24) is 0 Å². The summed E-state index contributed by atoms with van der Waals surface area (Å²) < 4.78 is 0. The highest BCUT2D eigenvalue weighted by Gasteiger charge is 2.14. The largest absolute Gasteiger partial charge is 0.252 e. The fourth-order valence-corrected chi connectivity index (χ4v) is 6.12. The number of aliphatic imine (C=N–C) groups is 2. The molecule has 0 spiro atoms. The zero-order valence-corrected chi connectivity index (χ0v) is 26.6. The van der Waals surface area contributed by atoms with Gasteiger partial charge >= 0.3 is 0 Å². The van der Waals surface area contributed by atoms with Gasteiger partial charge in [0.25, 0.3) is 0 Å². The van der Waals surface area contributed by atoms with Gasteiger partial charge in [-0.15, -0.1) is 0 Å². The van der Waals surface area contributed by atoms with Crippen LogP contribution in [0.3, 0.4) is 0 Å². The lowest BCUT2D eigenvalue weighted by Crippen LogP contribution is -2.19. The highest BCUT2D eigenvalue weighted by Crippen LogP contribution is 2.22. The molecule has 0 radical (unpaired) electrons. The van der Waals surface area contributed by atoms with E-state index in [2.05, 4.69) is 102 Å². The molecule has 198 valence electrons. The summed E-state index contributed by atoms with van der Waals surface area (Å²) in [5.41, 5.74) is 7.32. The lowest BCUT2D eigenvalue weighted by molar-refractivity contribution is 0.824. The molecule has 2 aromatic carbocycles. The highest BCUT2D eigenvalue weighted by molar-refractivity contribution is 6.76. The minimum absolute atomic E-state index is 0.991. The SMILES string of the molecule is CCCCC(=Nc1ccc(CC[Si](C)(C)C)cc1)C(CCCC)=Nc1ccc(CC[Si](C)(C)C)cc1. The van der Waals surface area contributed by atoms with Crippen LogP contribution in [0.25, 0.3) is 0 Å². The predicted molar refractivity (Wildman–Crippen MR) is 170 cm³/mol. The average Bonchev–Trinajstić information content (AvgIpc) is 2.82. The minimum Gasteiger partial charge on any atom is -0.252 e. The van der Waals surface area contributed by atoms with Gasteiger partial charge in [-0.2, -0.15) is 0 Å². The summed E-state index contributed by atoms with van der Waals surface area (Å²) >= 11 is 0. The fraction of sp³-hybridized carbons (Fsp3) is 0.562. The summed E-state index contributed by atoms with van der Waals surface area (Å²) in [6, 6.07) is 20.6. The molecular weight excluding hydrogens is 469 g/mol. The summed E-state index contributed by atoms with van der Waals surface area (Å²) in [7, 11) is -2.04. The van der Waals surface area contributed by atoms with Crippen molar-refractivity contribution in [3.63, 3.8) is 0 Å². The smallest absolute Gasteiger partial charge is 0.0633 e. The van der Waals surface area contributed by atoms with E-state index in [4.69, 9.17) is 9.98 Å². The topological polar surface area (TPSA) is 24.7 Å². The van der Waals surface area contributed by atoms with Crippen molar-refractivity contribution in [3.05, 3.63) is 59.7 Å². The zero-order valence-electron chi connectivity index (χ0n) is 24.6. The quantitative estimate of drug-likeness (QED) is 0.165. The maximum atomic E-state index is 5.17. The minimum atomic E-state index is -1.02. The first-order valence-corrected chi connectivity index (χ1v) is 21.7. The molecule has 0 saturated carbocycles. The summed E-state index contributed by atoms with van der Waals surface area (Å²) in [6.07, 6.45) is 8.97. The second-order valence-corrected chi connectivity index (χ2v) is 24.0. The van der Waals surface area contributed by atoms with E-state index in [1.54, 1.807) is 0 Å². The maximum Gasteiger partial charge on any atom is 0.0633 e. The first kappa shape index (κ1) is 30.4. The second-order valence-electron chi connectivity index (χ2n) is 12.8. The third-order valence-electron chi connectivity index (χ3n) is 6.60. The van der Waals surface area contributed by atoms with Crippen molar-refractivity contribution < 1.29 is 0 Å².